The number of carbonyl (C=O) groups excluding carboxylic acids is 1. The fourth-order valence-corrected chi connectivity index (χ4v) is 5.12. The second kappa shape index (κ2) is 7.86. The Kier molecular flexibility index (Phi) is 5.31. The highest BCUT2D eigenvalue weighted by atomic mass is 32.2. The van der Waals surface area contributed by atoms with E-state index in [1.165, 1.54) is 35.9 Å². The smallest absolute Gasteiger partial charge is 0.267 e. The molecule has 1 fully saturated rings. The van der Waals surface area contributed by atoms with Gasteiger partial charge in [0.15, 0.2) is 5.16 Å². The molecule has 1 aromatic carbocycles. The van der Waals surface area contributed by atoms with Crippen LogP contribution in [-0.2, 0) is 4.79 Å². The van der Waals surface area contributed by atoms with Crippen molar-refractivity contribution in [3.8, 4) is 5.69 Å². The molecule has 27 heavy (non-hydrogen) atoms. The van der Waals surface area contributed by atoms with E-state index in [9.17, 15) is 9.59 Å². The van der Waals surface area contributed by atoms with Crippen LogP contribution in [0.4, 0.5) is 0 Å². The standard InChI is InChI=1S/C20H21N3O2S2/c1-13(17(24)21-14-7-5-6-8-14)27-20-22-18-16(11-12-26-18)19(25)23(20)15-9-3-2-4-10-15/h2-4,9-14H,5-8H2,1H3,(H,21,24). The fourth-order valence-electron chi connectivity index (χ4n) is 3.38. The van der Waals surface area contributed by atoms with Crippen LogP contribution in [0.5, 0.6) is 0 Å². The Morgan fingerprint density at radius 1 is 1.26 bits per heavy atom. The van der Waals surface area contributed by atoms with Crippen molar-refractivity contribution in [3.63, 3.8) is 0 Å². The third kappa shape index (κ3) is 3.80. The second-order valence-electron chi connectivity index (χ2n) is 6.76. The molecule has 1 aliphatic rings. The molecule has 5 nitrogen and oxygen atoms in total. The van der Waals surface area contributed by atoms with Crippen LogP contribution >= 0.6 is 23.1 Å². The SMILES string of the molecule is CC(Sc1nc2sccc2c(=O)n1-c1ccccc1)C(=O)NC1CCCC1. The van der Waals surface area contributed by atoms with Gasteiger partial charge in [-0.25, -0.2) is 4.98 Å². The van der Waals surface area contributed by atoms with Gasteiger partial charge < -0.3 is 5.32 Å². The monoisotopic (exact) mass is 399 g/mol. The van der Waals surface area contributed by atoms with Crippen molar-refractivity contribution in [1.82, 2.24) is 14.9 Å². The molecule has 0 spiro atoms. The number of thioether (sulfide) groups is 1. The van der Waals surface area contributed by atoms with Gasteiger partial charge in [-0.3, -0.25) is 14.2 Å². The lowest BCUT2D eigenvalue weighted by Crippen LogP contribution is -2.38. The zero-order valence-electron chi connectivity index (χ0n) is 15.1. The Hall–Kier alpha value is -2.12. The van der Waals surface area contributed by atoms with E-state index in [0.717, 1.165) is 18.5 Å². The normalized spacial score (nSPS) is 15.9. The molecule has 0 saturated heterocycles. The Bertz CT molecular complexity index is 1010. The Morgan fingerprint density at radius 2 is 2.00 bits per heavy atom. The summed E-state index contributed by atoms with van der Waals surface area (Å²) in [6, 6.07) is 11.6. The minimum atomic E-state index is -0.329. The number of para-hydroxylation sites is 1. The third-order valence-corrected chi connectivity index (χ3v) is 6.69. The molecule has 1 aliphatic carbocycles. The number of carbonyl (C=O) groups is 1. The van der Waals surface area contributed by atoms with Crippen LogP contribution in [0.2, 0.25) is 0 Å². The number of hydrogen-bond acceptors (Lipinski definition) is 5. The first-order valence-electron chi connectivity index (χ1n) is 9.16. The zero-order valence-corrected chi connectivity index (χ0v) is 16.7. The molecule has 4 rings (SSSR count). The van der Waals surface area contributed by atoms with Gasteiger partial charge in [0.1, 0.15) is 4.83 Å². The number of aromatic nitrogens is 2. The van der Waals surface area contributed by atoms with E-state index in [-0.39, 0.29) is 22.8 Å². The number of fused-ring (bicyclic) bond motifs is 1. The molecule has 0 bridgehead atoms. The minimum absolute atomic E-state index is 0.00652. The summed E-state index contributed by atoms with van der Waals surface area (Å²) in [7, 11) is 0. The molecule has 1 amide bonds. The van der Waals surface area contributed by atoms with Crippen LogP contribution in [0.1, 0.15) is 32.6 Å². The highest BCUT2D eigenvalue weighted by Gasteiger charge is 2.24. The summed E-state index contributed by atoms with van der Waals surface area (Å²) in [5, 5.41) is 5.84. The summed E-state index contributed by atoms with van der Waals surface area (Å²) in [5.41, 5.74) is 0.660. The average Bonchev–Trinajstić information content (AvgIpc) is 3.34. The molecule has 1 unspecified atom stereocenters. The maximum absolute atomic E-state index is 13.1. The number of rotatable bonds is 5. The maximum Gasteiger partial charge on any atom is 0.267 e. The van der Waals surface area contributed by atoms with E-state index in [0.29, 0.717) is 15.4 Å². The predicted molar refractivity (Wildman–Crippen MR) is 111 cm³/mol. The van der Waals surface area contributed by atoms with Crippen molar-refractivity contribution < 1.29 is 4.79 Å². The molecule has 1 atom stereocenters. The summed E-state index contributed by atoms with van der Waals surface area (Å²) >= 11 is 2.78. The van der Waals surface area contributed by atoms with Gasteiger partial charge >= 0.3 is 0 Å². The quantitative estimate of drug-likeness (QED) is 0.521. The van der Waals surface area contributed by atoms with Crippen molar-refractivity contribution in [3.05, 3.63) is 52.1 Å². The number of nitrogens with zero attached hydrogens (tertiary/aromatic N) is 2. The van der Waals surface area contributed by atoms with E-state index in [1.807, 2.05) is 42.6 Å². The third-order valence-electron chi connectivity index (χ3n) is 4.83. The first-order chi connectivity index (χ1) is 13.1. The average molecular weight is 400 g/mol. The molecule has 7 heteroatoms. The molecule has 2 heterocycles. The lowest BCUT2D eigenvalue weighted by Gasteiger charge is -2.18. The highest BCUT2D eigenvalue weighted by Crippen LogP contribution is 2.27. The Labute approximate surface area is 165 Å². The Morgan fingerprint density at radius 3 is 2.74 bits per heavy atom. The molecule has 0 radical (unpaired) electrons. The van der Waals surface area contributed by atoms with Crippen LogP contribution in [0.25, 0.3) is 15.9 Å². The van der Waals surface area contributed by atoms with Gasteiger partial charge in [-0.2, -0.15) is 0 Å². The zero-order chi connectivity index (χ0) is 18.8. The van der Waals surface area contributed by atoms with Gasteiger partial charge in [0.25, 0.3) is 5.56 Å². The van der Waals surface area contributed by atoms with Gasteiger partial charge in [-0.05, 0) is 43.3 Å². The molecule has 3 aromatic rings. The van der Waals surface area contributed by atoms with Gasteiger partial charge in [0.05, 0.1) is 16.3 Å². The number of benzene rings is 1. The molecule has 2 aromatic heterocycles. The van der Waals surface area contributed by atoms with Crippen molar-refractivity contribution in [2.75, 3.05) is 0 Å². The van der Waals surface area contributed by atoms with Crippen LogP contribution < -0.4 is 10.9 Å². The first kappa shape index (κ1) is 18.3. The van der Waals surface area contributed by atoms with Crippen molar-refractivity contribution >= 4 is 39.2 Å². The van der Waals surface area contributed by atoms with Crippen LogP contribution in [0.3, 0.4) is 0 Å². The van der Waals surface area contributed by atoms with Gasteiger partial charge in [0, 0.05) is 6.04 Å². The van der Waals surface area contributed by atoms with Crippen molar-refractivity contribution in [2.24, 2.45) is 0 Å². The minimum Gasteiger partial charge on any atom is -0.352 e. The van der Waals surface area contributed by atoms with Crippen LogP contribution in [0, 0.1) is 0 Å². The predicted octanol–water partition coefficient (Wildman–Crippen LogP) is 3.99. The Balaban J connectivity index is 1.67. The van der Waals surface area contributed by atoms with Crippen LogP contribution in [-0.4, -0.2) is 26.8 Å². The van der Waals surface area contributed by atoms with E-state index in [4.69, 9.17) is 4.98 Å². The summed E-state index contributed by atoms with van der Waals surface area (Å²) in [6.45, 7) is 1.87. The van der Waals surface area contributed by atoms with Gasteiger partial charge in [-0.15, -0.1) is 11.3 Å². The lowest BCUT2D eigenvalue weighted by atomic mass is 10.2. The molecule has 1 saturated carbocycles. The maximum atomic E-state index is 13.1. The van der Waals surface area contributed by atoms with Gasteiger partial charge in [-0.1, -0.05) is 42.8 Å². The molecular weight excluding hydrogens is 378 g/mol. The topological polar surface area (TPSA) is 64.0 Å². The summed E-state index contributed by atoms with van der Waals surface area (Å²) in [5.74, 6) is 0.00652. The van der Waals surface area contributed by atoms with Crippen LogP contribution in [0.15, 0.2) is 51.7 Å². The second-order valence-corrected chi connectivity index (χ2v) is 8.96. The molecule has 1 N–H and O–H groups in total. The molecule has 140 valence electrons. The highest BCUT2D eigenvalue weighted by molar-refractivity contribution is 8.00. The van der Waals surface area contributed by atoms with E-state index < -0.39 is 0 Å². The first-order valence-corrected chi connectivity index (χ1v) is 10.9. The number of thiophene rings is 1. The van der Waals surface area contributed by atoms with E-state index in [1.54, 1.807) is 10.6 Å². The number of hydrogen-bond donors (Lipinski definition) is 1. The van der Waals surface area contributed by atoms with Crippen molar-refractivity contribution in [1.29, 1.82) is 0 Å². The van der Waals surface area contributed by atoms with E-state index >= 15 is 0 Å². The van der Waals surface area contributed by atoms with Crippen molar-refractivity contribution in [2.45, 2.75) is 49.1 Å². The molecular formula is C20H21N3O2S2. The fraction of sp³-hybridized carbons (Fsp3) is 0.350. The number of nitrogens with one attached hydrogen (secondary N) is 1. The summed E-state index contributed by atoms with van der Waals surface area (Å²) in [4.78, 5) is 31.1. The lowest BCUT2D eigenvalue weighted by molar-refractivity contribution is -0.120. The molecule has 0 aliphatic heterocycles. The largest absolute Gasteiger partial charge is 0.352 e. The van der Waals surface area contributed by atoms with Gasteiger partial charge in [0.2, 0.25) is 5.91 Å². The summed E-state index contributed by atoms with van der Waals surface area (Å²) in [6.07, 6.45) is 4.46. The van der Waals surface area contributed by atoms with E-state index in [2.05, 4.69) is 5.32 Å². The summed E-state index contributed by atoms with van der Waals surface area (Å²) < 4.78 is 1.61. The number of amides is 1.